The second-order valence-electron chi connectivity index (χ2n) is 5.77. The molecule has 2 atom stereocenters. The first kappa shape index (κ1) is 18.7. The van der Waals surface area contributed by atoms with Gasteiger partial charge in [-0.05, 0) is 26.2 Å². The molecular formula is C14H17F3N2O4S. The zero-order valence-electron chi connectivity index (χ0n) is 12.8. The molecule has 1 saturated heterocycles. The molecule has 1 aromatic rings. The minimum atomic E-state index is -5.11. The Hall–Kier alpha value is -1.68. The number of thiazole rings is 1. The Morgan fingerprint density at radius 1 is 1.42 bits per heavy atom. The number of aliphatic hydroxyl groups is 1. The van der Waals surface area contributed by atoms with Gasteiger partial charge in [-0.25, -0.2) is 9.78 Å². The van der Waals surface area contributed by atoms with E-state index in [2.05, 4.69) is 4.98 Å². The van der Waals surface area contributed by atoms with E-state index in [9.17, 15) is 27.9 Å². The summed E-state index contributed by atoms with van der Waals surface area (Å²) in [5.74, 6) is -2.31. The lowest BCUT2D eigenvalue weighted by Crippen LogP contribution is -2.52. The van der Waals surface area contributed by atoms with Crippen LogP contribution in [0.25, 0.3) is 0 Å². The third-order valence-electron chi connectivity index (χ3n) is 3.96. The van der Waals surface area contributed by atoms with Crippen molar-refractivity contribution in [3.8, 4) is 0 Å². The monoisotopic (exact) mass is 366 g/mol. The number of nitrogens with zero attached hydrogens (tertiary/aromatic N) is 2. The van der Waals surface area contributed by atoms with Crippen molar-refractivity contribution in [2.24, 2.45) is 0 Å². The second-order valence-corrected chi connectivity index (χ2v) is 6.62. The van der Waals surface area contributed by atoms with Crippen molar-refractivity contribution in [2.75, 3.05) is 6.54 Å². The quantitative estimate of drug-likeness (QED) is 0.851. The van der Waals surface area contributed by atoms with Crippen molar-refractivity contribution in [3.63, 3.8) is 0 Å². The summed E-state index contributed by atoms with van der Waals surface area (Å²) < 4.78 is 40.2. The number of hydrogen-bond donors (Lipinski definition) is 2. The van der Waals surface area contributed by atoms with Crippen LogP contribution >= 0.6 is 11.3 Å². The highest BCUT2D eigenvalue weighted by atomic mass is 32.1. The molecule has 2 rings (SSSR count). The number of piperidine rings is 1. The molecule has 1 aliphatic rings. The van der Waals surface area contributed by atoms with Crippen LogP contribution in [0.4, 0.5) is 13.2 Å². The Balaban J connectivity index is 2.29. The van der Waals surface area contributed by atoms with Crippen molar-refractivity contribution in [1.29, 1.82) is 0 Å². The van der Waals surface area contributed by atoms with Crippen LogP contribution in [0.15, 0.2) is 5.38 Å². The maximum Gasteiger partial charge on any atom is 0.424 e. The number of aryl methyl sites for hydroxylation is 1. The molecule has 0 bridgehead atoms. The molecule has 1 unspecified atom stereocenters. The van der Waals surface area contributed by atoms with E-state index in [1.807, 2.05) is 0 Å². The molecule has 0 saturated carbocycles. The van der Waals surface area contributed by atoms with Crippen molar-refractivity contribution in [1.82, 2.24) is 9.88 Å². The van der Waals surface area contributed by atoms with Crippen molar-refractivity contribution < 1.29 is 33.0 Å². The Morgan fingerprint density at radius 2 is 2.08 bits per heavy atom. The van der Waals surface area contributed by atoms with Gasteiger partial charge in [0.25, 0.3) is 0 Å². The summed E-state index contributed by atoms with van der Waals surface area (Å²) in [5, 5.41) is 20.1. The van der Waals surface area contributed by atoms with Crippen molar-refractivity contribution in [2.45, 2.75) is 50.4 Å². The van der Waals surface area contributed by atoms with Gasteiger partial charge in [-0.2, -0.15) is 13.2 Å². The van der Waals surface area contributed by atoms with Crippen LogP contribution in [0.5, 0.6) is 0 Å². The maximum atomic E-state index is 13.4. The number of carbonyl (C=O) groups is 2. The number of amides is 1. The van der Waals surface area contributed by atoms with E-state index in [0.717, 1.165) is 4.90 Å². The number of hydrogen-bond acceptors (Lipinski definition) is 5. The van der Waals surface area contributed by atoms with E-state index in [-0.39, 0.29) is 13.0 Å². The van der Waals surface area contributed by atoms with Crippen molar-refractivity contribution in [3.05, 3.63) is 16.1 Å². The van der Waals surface area contributed by atoms with Gasteiger partial charge in [0.05, 0.1) is 6.42 Å². The highest BCUT2D eigenvalue weighted by Crippen LogP contribution is 2.43. The smallest absolute Gasteiger partial charge is 0.424 e. The number of halogens is 3. The Morgan fingerprint density at radius 3 is 2.58 bits per heavy atom. The number of rotatable bonds is 4. The molecule has 0 aliphatic carbocycles. The lowest BCUT2D eigenvalue weighted by atomic mass is 9.96. The van der Waals surface area contributed by atoms with Crippen LogP contribution in [-0.2, 0) is 15.2 Å². The van der Waals surface area contributed by atoms with E-state index in [1.54, 1.807) is 0 Å². The summed E-state index contributed by atoms with van der Waals surface area (Å²) in [6.07, 6.45) is -5.12. The zero-order chi connectivity index (χ0) is 18.1. The van der Waals surface area contributed by atoms with Crippen LogP contribution < -0.4 is 0 Å². The average molecular weight is 366 g/mol. The van der Waals surface area contributed by atoms with Gasteiger partial charge in [0.2, 0.25) is 11.5 Å². The predicted octanol–water partition coefficient (Wildman–Crippen LogP) is 2.06. The van der Waals surface area contributed by atoms with E-state index in [4.69, 9.17) is 5.11 Å². The van der Waals surface area contributed by atoms with Gasteiger partial charge in [-0.3, -0.25) is 4.79 Å². The van der Waals surface area contributed by atoms with Gasteiger partial charge in [0.15, 0.2) is 0 Å². The minimum absolute atomic E-state index is 0.0562. The van der Waals surface area contributed by atoms with Crippen LogP contribution in [0.3, 0.4) is 0 Å². The second kappa shape index (κ2) is 6.67. The van der Waals surface area contributed by atoms with E-state index < -0.39 is 41.1 Å². The Kier molecular flexibility index (Phi) is 5.19. The number of alkyl halides is 3. The molecule has 134 valence electrons. The van der Waals surface area contributed by atoms with Crippen LogP contribution in [-0.4, -0.2) is 50.7 Å². The minimum Gasteiger partial charge on any atom is -0.480 e. The standard InChI is InChI=1S/C14H17F3N2O4S/c1-8-7-24-12(18-8)13(23,14(15,16)17)6-10(20)19-5-3-2-4-9(19)11(21)22/h7,9,23H,2-6H2,1H3,(H,21,22)/t9-,13?/m1/s1. The Labute approximate surface area is 139 Å². The summed E-state index contributed by atoms with van der Waals surface area (Å²) >= 11 is 0.611. The normalized spacial score (nSPS) is 21.4. The van der Waals surface area contributed by atoms with E-state index in [0.29, 0.717) is 29.9 Å². The third-order valence-corrected chi connectivity index (χ3v) is 5.07. The molecule has 1 aromatic heterocycles. The van der Waals surface area contributed by atoms with Gasteiger partial charge >= 0.3 is 12.1 Å². The highest BCUT2D eigenvalue weighted by molar-refractivity contribution is 7.09. The molecule has 0 radical (unpaired) electrons. The van der Waals surface area contributed by atoms with Gasteiger partial charge in [0.1, 0.15) is 11.0 Å². The van der Waals surface area contributed by atoms with E-state index >= 15 is 0 Å². The largest absolute Gasteiger partial charge is 0.480 e. The molecular weight excluding hydrogens is 349 g/mol. The lowest BCUT2D eigenvalue weighted by Gasteiger charge is -2.36. The Bertz CT molecular complexity index is 634. The number of likely N-dealkylation sites (tertiary alicyclic amines) is 1. The van der Waals surface area contributed by atoms with Gasteiger partial charge in [0, 0.05) is 17.6 Å². The molecule has 1 fully saturated rings. The molecule has 0 aromatic carbocycles. The average Bonchev–Trinajstić information content (AvgIpc) is 2.93. The SMILES string of the molecule is Cc1csc(C(O)(CC(=O)N2CCCC[C@@H]2C(=O)O)C(F)(F)F)n1. The summed E-state index contributed by atoms with van der Waals surface area (Å²) in [7, 11) is 0. The molecule has 10 heteroatoms. The molecule has 2 N–H and O–H groups in total. The molecule has 1 amide bonds. The molecule has 6 nitrogen and oxygen atoms in total. The maximum absolute atomic E-state index is 13.4. The lowest BCUT2D eigenvalue weighted by molar-refractivity contribution is -0.268. The van der Waals surface area contributed by atoms with Gasteiger partial charge < -0.3 is 15.1 Å². The number of aromatic nitrogens is 1. The van der Waals surface area contributed by atoms with E-state index in [1.165, 1.54) is 12.3 Å². The zero-order valence-corrected chi connectivity index (χ0v) is 13.7. The summed E-state index contributed by atoms with van der Waals surface area (Å²) in [6.45, 7) is 1.53. The third kappa shape index (κ3) is 3.54. The first-order valence-electron chi connectivity index (χ1n) is 7.30. The number of carboxylic acid groups (broad SMARTS) is 1. The van der Waals surface area contributed by atoms with Gasteiger partial charge in [-0.15, -0.1) is 11.3 Å². The van der Waals surface area contributed by atoms with Gasteiger partial charge in [-0.1, -0.05) is 0 Å². The van der Waals surface area contributed by atoms with Crippen molar-refractivity contribution >= 4 is 23.2 Å². The molecule has 24 heavy (non-hydrogen) atoms. The van der Waals surface area contributed by atoms with Crippen LogP contribution in [0.2, 0.25) is 0 Å². The molecule has 2 heterocycles. The predicted molar refractivity (Wildman–Crippen MR) is 78.4 cm³/mol. The summed E-state index contributed by atoms with van der Waals surface area (Å²) in [5.41, 5.74) is -3.13. The summed E-state index contributed by atoms with van der Waals surface area (Å²) in [6, 6.07) is -1.17. The number of carbonyl (C=O) groups excluding carboxylic acids is 1. The fourth-order valence-corrected chi connectivity index (χ4v) is 3.56. The van der Waals surface area contributed by atoms with Crippen LogP contribution in [0.1, 0.15) is 36.4 Å². The highest BCUT2D eigenvalue weighted by Gasteiger charge is 2.58. The molecule has 0 spiro atoms. The number of carboxylic acids is 1. The first-order chi connectivity index (χ1) is 11.1. The molecule has 1 aliphatic heterocycles. The topological polar surface area (TPSA) is 90.7 Å². The fourth-order valence-electron chi connectivity index (χ4n) is 2.65. The first-order valence-corrected chi connectivity index (χ1v) is 8.18. The fraction of sp³-hybridized carbons (Fsp3) is 0.643. The number of aliphatic carboxylic acids is 1. The summed E-state index contributed by atoms with van der Waals surface area (Å²) in [4.78, 5) is 28.1. The van der Waals surface area contributed by atoms with Crippen LogP contribution in [0, 0.1) is 6.92 Å².